The minimum atomic E-state index is -4.87. The van der Waals surface area contributed by atoms with Crippen LogP contribution in [0.1, 0.15) is 29.0 Å². The van der Waals surface area contributed by atoms with Crippen molar-refractivity contribution in [3.8, 4) is 17.6 Å². The summed E-state index contributed by atoms with van der Waals surface area (Å²) in [6.45, 7) is 0. The van der Waals surface area contributed by atoms with E-state index in [1.165, 1.54) is 0 Å². The van der Waals surface area contributed by atoms with Gasteiger partial charge in [-0.3, -0.25) is 0 Å². The van der Waals surface area contributed by atoms with Crippen molar-refractivity contribution in [2.75, 3.05) is 0 Å². The summed E-state index contributed by atoms with van der Waals surface area (Å²) in [5, 5.41) is 18.6. The Morgan fingerprint density at radius 3 is 2.43 bits per heavy atom. The molecule has 3 rings (SSSR count). The Hall–Kier alpha value is -2.45. The zero-order valence-corrected chi connectivity index (χ0v) is 14.2. The van der Waals surface area contributed by atoms with Crippen LogP contribution in [-0.4, -0.2) is 16.5 Å². The lowest BCUT2D eigenvalue weighted by molar-refractivity contribution is -0.143. The topological polar surface area (TPSA) is 53.2 Å². The molecule has 148 valence electrons. The quantitative estimate of drug-likeness (QED) is 0.501. The van der Waals surface area contributed by atoms with Crippen LogP contribution >= 0.6 is 11.8 Å². The largest absolute Gasteiger partial charge is 0.457 e. The molecular weight excluding hydrogens is 415 g/mol. The summed E-state index contributed by atoms with van der Waals surface area (Å²) in [6.07, 6.45) is -5.97. The number of nitrogens with zero attached hydrogens (tertiary/aromatic N) is 1. The predicted molar refractivity (Wildman–Crippen MR) is 83.3 cm³/mol. The number of aliphatic hydroxyl groups excluding tert-OH is 1. The number of fused-ring (bicyclic) bond motifs is 1. The van der Waals surface area contributed by atoms with Gasteiger partial charge in [0.05, 0.1) is 11.6 Å². The molecule has 3 nitrogen and oxygen atoms in total. The van der Waals surface area contributed by atoms with E-state index in [1.54, 1.807) is 6.07 Å². The maximum absolute atomic E-state index is 14.3. The number of aliphatic hydroxyl groups is 1. The van der Waals surface area contributed by atoms with E-state index in [-0.39, 0.29) is 11.3 Å². The number of hydrogen-bond acceptors (Lipinski definition) is 4. The van der Waals surface area contributed by atoms with Crippen LogP contribution in [0.4, 0.5) is 30.7 Å². The monoisotopic (exact) mass is 423 g/mol. The average molecular weight is 423 g/mol. The Labute approximate surface area is 157 Å². The van der Waals surface area contributed by atoms with Gasteiger partial charge in [-0.2, -0.15) is 27.2 Å². The molecule has 0 amide bonds. The van der Waals surface area contributed by atoms with Crippen molar-refractivity contribution < 1.29 is 40.6 Å². The van der Waals surface area contributed by atoms with Gasteiger partial charge in [0.2, 0.25) is 0 Å². The van der Waals surface area contributed by atoms with E-state index in [0.717, 1.165) is 30.3 Å². The van der Waals surface area contributed by atoms with Gasteiger partial charge in [-0.25, -0.2) is 8.78 Å². The first kappa shape index (κ1) is 20.3. The van der Waals surface area contributed by atoms with Gasteiger partial charge in [0.15, 0.2) is 6.17 Å². The van der Waals surface area contributed by atoms with Crippen LogP contribution in [0, 0.1) is 17.1 Å². The number of alkyl halides is 6. The third-order valence-corrected chi connectivity index (χ3v) is 4.70. The number of halogens is 7. The zero-order chi connectivity index (χ0) is 20.9. The van der Waals surface area contributed by atoms with Crippen molar-refractivity contribution in [1.82, 2.24) is 0 Å². The first-order chi connectivity index (χ1) is 12.9. The minimum Gasteiger partial charge on any atom is -0.457 e. The smallest absolute Gasteiger partial charge is 0.446 e. The lowest BCUT2D eigenvalue weighted by Crippen LogP contribution is -2.24. The summed E-state index contributed by atoms with van der Waals surface area (Å²) >= 11 is -0.782. The third kappa shape index (κ3) is 3.62. The fourth-order valence-corrected chi connectivity index (χ4v) is 3.50. The molecule has 11 heteroatoms. The van der Waals surface area contributed by atoms with Crippen LogP contribution in [0.15, 0.2) is 35.2 Å². The molecule has 0 spiro atoms. The Balaban J connectivity index is 2.13. The highest BCUT2D eigenvalue weighted by Crippen LogP contribution is 2.59. The normalized spacial score (nSPS) is 20.5. The van der Waals surface area contributed by atoms with Crippen molar-refractivity contribution in [3.63, 3.8) is 0 Å². The van der Waals surface area contributed by atoms with Gasteiger partial charge in [-0.1, -0.05) is 0 Å². The number of thioether (sulfide) groups is 1. The van der Waals surface area contributed by atoms with E-state index in [9.17, 15) is 35.8 Å². The summed E-state index contributed by atoms with van der Waals surface area (Å²) in [4.78, 5) is -0.806. The highest BCUT2D eigenvalue weighted by Gasteiger charge is 2.58. The molecule has 2 atom stereocenters. The number of benzene rings is 2. The van der Waals surface area contributed by atoms with E-state index >= 15 is 0 Å². The molecule has 0 bridgehead atoms. The van der Waals surface area contributed by atoms with Crippen LogP contribution in [0.25, 0.3) is 0 Å². The molecule has 2 aromatic rings. The van der Waals surface area contributed by atoms with Crippen LogP contribution in [0.2, 0.25) is 0 Å². The van der Waals surface area contributed by atoms with Crippen LogP contribution < -0.4 is 4.74 Å². The second kappa shape index (κ2) is 6.86. The lowest BCUT2D eigenvalue weighted by Gasteiger charge is -2.16. The lowest BCUT2D eigenvalue weighted by atomic mass is 10.1. The molecule has 0 unspecified atom stereocenters. The van der Waals surface area contributed by atoms with Crippen LogP contribution in [0.3, 0.4) is 0 Å². The summed E-state index contributed by atoms with van der Waals surface area (Å²) in [7, 11) is 0. The summed E-state index contributed by atoms with van der Waals surface area (Å²) < 4.78 is 99.0. The fraction of sp³-hybridized carbons (Fsp3) is 0.235. The summed E-state index contributed by atoms with van der Waals surface area (Å²) in [6, 6.07) is 5.85. The van der Waals surface area contributed by atoms with Gasteiger partial charge in [-0.05, 0) is 36.0 Å². The van der Waals surface area contributed by atoms with Crippen molar-refractivity contribution in [2.45, 2.75) is 28.6 Å². The standard InChI is InChI=1S/C17H8F7NO2S/c18-8-3-7(6-25)4-9(5-8)27-10-1-2-11(28-17(22,23)24)13-12(10)14(19)16(20,21)15(13)26/h1-5,14-15,26H/t14-,15+/m1/s1. The molecule has 0 fully saturated rings. The first-order valence-electron chi connectivity index (χ1n) is 7.45. The Morgan fingerprint density at radius 1 is 1.14 bits per heavy atom. The van der Waals surface area contributed by atoms with Gasteiger partial charge in [0.1, 0.15) is 23.4 Å². The van der Waals surface area contributed by atoms with Gasteiger partial charge in [0, 0.05) is 22.1 Å². The molecule has 28 heavy (non-hydrogen) atoms. The van der Waals surface area contributed by atoms with E-state index in [2.05, 4.69) is 0 Å². The maximum Gasteiger partial charge on any atom is 0.446 e. The summed E-state index contributed by atoms with van der Waals surface area (Å²) in [5.74, 6) is -6.27. The van der Waals surface area contributed by atoms with Crippen LogP contribution in [-0.2, 0) is 0 Å². The third-order valence-electron chi connectivity index (χ3n) is 3.89. The fourth-order valence-electron chi connectivity index (χ4n) is 2.78. The van der Waals surface area contributed by atoms with Gasteiger partial charge in [0.25, 0.3) is 0 Å². The number of ether oxygens (including phenoxy) is 1. The number of nitriles is 1. The SMILES string of the molecule is N#Cc1cc(F)cc(Oc2ccc(SC(F)(F)F)c3c2[C@@H](F)C(F)(F)[C@H]3O)c1. The van der Waals surface area contributed by atoms with E-state index in [1.807, 2.05) is 0 Å². The number of rotatable bonds is 3. The molecule has 0 radical (unpaired) electrons. The van der Waals surface area contributed by atoms with Gasteiger partial charge >= 0.3 is 11.4 Å². The van der Waals surface area contributed by atoms with Gasteiger partial charge < -0.3 is 9.84 Å². The Morgan fingerprint density at radius 2 is 1.82 bits per heavy atom. The summed E-state index contributed by atoms with van der Waals surface area (Å²) in [5.41, 5.74) is -6.97. The zero-order valence-electron chi connectivity index (χ0n) is 13.4. The Kier molecular flexibility index (Phi) is 4.97. The average Bonchev–Trinajstić information content (AvgIpc) is 2.76. The molecule has 1 N–H and O–H groups in total. The highest BCUT2D eigenvalue weighted by atomic mass is 32.2. The first-order valence-corrected chi connectivity index (χ1v) is 8.26. The van der Waals surface area contributed by atoms with Gasteiger partial charge in [-0.15, -0.1) is 0 Å². The second-order valence-electron chi connectivity index (χ2n) is 5.77. The molecule has 0 aliphatic heterocycles. The van der Waals surface area contributed by atoms with Crippen molar-refractivity contribution in [3.05, 3.63) is 52.8 Å². The maximum atomic E-state index is 14.3. The van der Waals surface area contributed by atoms with E-state index in [0.29, 0.717) is 0 Å². The van der Waals surface area contributed by atoms with Crippen molar-refractivity contribution in [1.29, 1.82) is 5.26 Å². The molecular formula is C17H8F7NO2S. The molecule has 2 aromatic carbocycles. The minimum absolute atomic E-state index is 0.182. The number of hydrogen-bond donors (Lipinski definition) is 1. The molecule has 1 aliphatic rings. The van der Waals surface area contributed by atoms with E-state index < -0.39 is 63.1 Å². The molecule has 0 heterocycles. The van der Waals surface area contributed by atoms with E-state index in [4.69, 9.17) is 10.00 Å². The molecule has 1 aliphatic carbocycles. The Bertz CT molecular complexity index is 971. The highest BCUT2D eigenvalue weighted by molar-refractivity contribution is 8.00. The van der Waals surface area contributed by atoms with Crippen LogP contribution in [0.5, 0.6) is 11.5 Å². The second-order valence-corrected chi connectivity index (χ2v) is 6.87. The van der Waals surface area contributed by atoms with Crippen molar-refractivity contribution >= 4 is 11.8 Å². The molecule has 0 saturated carbocycles. The molecule has 0 aromatic heterocycles. The predicted octanol–water partition coefficient (Wildman–Crippen LogP) is 5.79. The van der Waals surface area contributed by atoms with Crippen molar-refractivity contribution in [2.24, 2.45) is 0 Å². The molecule has 0 saturated heterocycles.